The van der Waals surface area contributed by atoms with E-state index >= 15 is 0 Å². The van der Waals surface area contributed by atoms with Gasteiger partial charge in [0.15, 0.2) is 0 Å². The Morgan fingerprint density at radius 1 is 1.03 bits per heavy atom. The van der Waals surface area contributed by atoms with Gasteiger partial charge in [0.2, 0.25) is 0 Å². The number of benzene rings is 3. The Labute approximate surface area is 175 Å². The highest BCUT2D eigenvalue weighted by Gasteiger charge is 2.41. The molecule has 1 aliphatic rings. The number of nitrogens with one attached hydrogen (secondary N) is 1. The second-order valence-corrected chi connectivity index (χ2v) is 8.51. The molecular weight excluding hydrogens is 385 g/mol. The van der Waals surface area contributed by atoms with Crippen LogP contribution in [0.15, 0.2) is 66.7 Å². The van der Waals surface area contributed by atoms with Crippen LogP contribution in [0.4, 0.5) is 18.9 Å². The lowest BCUT2D eigenvalue weighted by Crippen LogP contribution is -2.50. The zero-order valence-corrected chi connectivity index (χ0v) is 17.0. The van der Waals surface area contributed by atoms with Gasteiger partial charge in [0.25, 0.3) is 0 Å². The summed E-state index contributed by atoms with van der Waals surface area (Å²) in [5.41, 5.74) is 7.01. The Bertz CT molecular complexity index is 1020. The molecule has 3 atom stereocenters. The zero-order chi connectivity index (χ0) is 21.4. The van der Waals surface area contributed by atoms with Crippen LogP contribution in [0.2, 0.25) is 0 Å². The van der Waals surface area contributed by atoms with E-state index in [9.17, 15) is 13.2 Å². The molecule has 0 aliphatic heterocycles. The van der Waals surface area contributed by atoms with Crippen molar-refractivity contribution in [2.24, 2.45) is 5.73 Å². The Morgan fingerprint density at radius 2 is 1.77 bits per heavy atom. The maximum Gasteiger partial charge on any atom is 0.416 e. The Morgan fingerprint density at radius 3 is 2.53 bits per heavy atom. The van der Waals surface area contributed by atoms with Gasteiger partial charge in [-0.2, -0.15) is 13.2 Å². The van der Waals surface area contributed by atoms with Crippen LogP contribution < -0.4 is 11.1 Å². The van der Waals surface area contributed by atoms with Gasteiger partial charge in [0.05, 0.1) is 5.56 Å². The van der Waals surface area contributed by atoms with E-state index in [1.165, 1.54) is 23.1 Å². The summed E-state index contributed by atoms with van der Waals surface area (Å²) in [6.07, 6.45) is -0.902. The topological polar surface area (TPSA) is 38.0 Å². The minimum Gasteiger partial charge on any atom is -0.379 e. The molecule has 0 saturated heterocycles. The van der Waals surface area contributed by atoms with Crippen molar-refractivity contribution in [1.29, 1.82) is 0 Å². The van der Waals surface area contributed by atoms with Gasteiger partial charge in [0.1, 0.15) is 0 Å². The predicted molar refractivity (Wildman–Crippen MR) is 117 cm³/mol. The molecule has 0 bridgehead atoms. The maximum absolute atomic E-state index is 13.3. The quantitative estimate of drug-likeness (QED) is 0.499. The van der Waals surface area contributed by atoms with Gasteiger partial charge in [0, 0.05) is 23.2 Å². The Kier molecular flexibility index (Phi) is 5.49. The molecule has 3 aromatic rings. The van der Waals surface area contributed by atoms with Gasteiger partial charge in [-0.05, 0) is 60.2 Å². The molecule has 0 aromatic heterocycles. The molecule has 0 heterocycles. The van der Waals surface area contributed by atoms with Crippen molar-refractivity contribution in [2.75, 3.05) is 5.32 Å². The molecular formula is C25H27F3N2. The summed E-state index contributed by atoms with van der Waals surface area (Å²) in [6.45, 7) is 2.17. The van der Waals surface area contributed by atoms with Crippen LogP contribution >= 0.6 is 0 Å². The lowest BCUT2D eigenvalue weighted by molar-refractivity contribution is -0.137. The fraction of sp³-hybridized carbons (Fsp3) is 0.360. The van der Waals surface area contributed by atoms with Crippen LogP contribution in [0.3, 0.4) is 0 Å². The Hall–Kier alpha value is -2.53. The molecule has 1 fully saturated rings. The third kappa shape index (κ3) is 4.04. The van der Waals surface area contributed by atoms with Crippen LogP contribution in [0.25, 0.3) is 10.8 Å². The van der Waals surface area contributed by atoms with Crippen molar-refractivity contribution in [1.82, 2.24) is 0 Å². The van der Waals surface area contributed by atoms with Crippen LogP contribution in [0.5, 0.6) is 0 Å². The summed E-state index contributed by atoms with van der Waals surface area (Å²) in [6, 6.07) is 20.0. The van der Waals surface area contributed by atoms with E-state index in [1.54, 1.807) is 6.07 Å². The van der Waals surface area contributed by atoms with Crippen molar-refractivity contribution in [3.05, 3.63) is 77.9 Å². The number of fused-ring (bicyclic) bond motifs is 1. The van der Waals surface area contributed by atoms with E-state index in [2.05, 4.69) is 42.6 Å². The zero-order valence-electron chi connectivity index (χ0n) is 17.0. The number of halogens is 3. The standard InChI is InChI=1S/C25H27F3N2/c1-17(22-13-4-8-18-7-2-3-12-23(18)22)24(14-6-10-20(29)16-24)30-21-11-5-9-19(15-21)25(26,27)28/h2-5,7-9,11-13,15,17,20,30H,6,10,14,16,29H2,1H3/t17-,20?,24?/m1/s1. The summed E-state index contributed by atoms with van der Waals surface area (Å²) in [5.74, 6) is 0.0736. The summed E-state index contributed by atoms with van der Waals surface area (Å²) in [4.78, 5) is 0. The number of anilines is 1. The number of rotatable bonds is 4. The van der Waals surface area contributed by atoms with Gasteiger partial charge in [-0.3, -0.25) is 0 Å². The van der Waals surface area contributed by atoms with E-state index in [0.717, 1.165) is 30.7 Å². The second-order valence-electron chi connectivity index (χ2n) is 8.51. The normalized spacial score (nSPS) is 23.3. The Balaban J connectivity index is 1.76. The first-order valence-electron chi connectivity index (χ1n) is 10.5. The molecule has 30 heavy (non-hydrogen) atoms. The average molecular weight is 412 g/mol. The molecule has 4 rings (SSSR count). The van der Waals surface area contributed by atoms with Crippen molar-refractivity contribution >= 4 is 16.5 Å². The van der Waals surface area contributed by atoms with E-state index in [4.69, 9.17) is 5.73 Å². The first-order chi connectivity index (χ1) is 14.3. The van der Waals surface area contributed by atoms with Gasteiger partial charge in [-0.15, -0.1) is 0 Å². The molecule has 0 radical (unpaired) electrons. The fourth-order valence-electron chi connectivity index (χ4n) is 4.95. The van der Waals surface area contributed by atoms with Gasteiger partial charge < -0.3 is 11.1 Å². The molecule has 3 N–H and O–H groups in total. The molecule has 2 unspecified atom stereocenters. The van der Waals surface area contributed by atoms with E-state index in [0.29, 0.717) is 12.1 Å². The molecule has 3 aromatic carbocycles. The van der Waals surface area contributed by atoms with E-state index in [1.807, 2.05) is 12.1 Å². The first-order valence-corrected chi connectivity index (χ1v) is 10.5. The predicted octanol–water partition coefficient (Wildman–Crippen LogP) is 6.71. The summed E-state index contributed by atoms with van der Waals surface area (Å²) < 4.78 is 39.8. The SMILES string of the molecule is C[C@H](c1cccc2ccccc12)C1(Nc2cccc(C(F)(F)F)c2)CCCC(N)C1. The van der Waals surface area contributed by atoms with Crippen molar-refractivity contribution in [3.8, 4) is 0 Å². The van der Waals surface area contributed by atoms with Crippen LogP contribution in [0, 0.1) is 0 Å². The minimum absolute atomic E-state index is 0.0227. The largest absolute Gasteiger partial charge is 0.416 e. The van der Waals surface area contributed by atoms with E-state index < -0.39 is 17.3 Å². The lowest BCUT2D eigenvalue weighted by Gasteiger charge is -2.46. The first kappa shape index (κ1) is 20.7. The monoisotopic (exact) mass is 412 g/mol. The highest BCUT2D eigenvalue weighted by atomic mass is 19.4. The highest BCUT2D eigenvalue weighted by Crippen LogP contribution is 2.44. The molecule has 1 aliphatic carbocycles. The fourth-order valence-corrected chi connectivity index (χ4v) is 4.95. The highest BCUT2D eigenvalue weighted by molar-refractivity contribution is 5.86. The minimum atomic E-state index is -4.37. The lowest BCUT2D eigenvalue weighted by atomic mass is 9.68. The van der Waals surface area contributed by atoms with Crippen LogP contribution in [0.1, 0.15) is 49.7 Å². The average Bonchev–Trinajstić information content (AvgIpc) is 2.72. The van der Waals surface area contributed by atoms with Crippen molar-refractivity contribution in [3.63, 3.8) is 0 Å². The smallest absolute Gasteiger partial charge is 0.379 e. The maximum atomic E-state index is 13.3. The molecule has 5 heteroatoms. The van der Waals surface area contributed by atoms with Crippen molar-refractivity contribution in [2.45, 2.75) is 56.3 Å². The number of nitrogens with two attached hydrogens (primary N) is 1. The third-order valence-electron chi connectivity index (χ3n) is 6.53. The molecule has 1 saturated carbocycles. The molecule has 0 amide bonds. The van der Waals surface area contributed by atoms with Gasteiger partial charge in [-0.1, -0.05) is 55.5 Å². The van der Waals surface area contributed by atoms with Crippen LogP contribution in [-0.4, -0.2) is 11.6 Å². The number of hydrogen-bond donors (Lipinski definition) is 2. The second kappa shape index (κ2) is 7.95. The van der Waals surface area contributed by atoms with Crippen LogP contribution in [-0.2, 0) is 6.18 Å². The molecule has 158 valence electrons. The summed E-state index contributed by atoms with van der Waals surface area (Å²) in [5, 5.41) is 5.86. The van der Waals surface area contributed by atoms with E-state index in [-0.39, 0.29) is 12.0 Å². The summed E-state index contributed by atoms with van der Waals surface area (Å²) >= 11 is 0. The van der Waals surface area contributed by atoms with Gasteiger partial charge >= 0.3 is 6.18 Å². The molecule has 0 spiro atoms. The number of hydrogen-bond acceptors (Lipinski definition) is 2. The summed E-state index contributed by atoms with van der Waals surface area (Å²) in [7, 11) is 0. The van der Waals surface area contributed by atoms with Gasteiger partial charge in [-0.25, -0.2) is 0 Å². The van der Waals surface area contributed by atoms with Crippen molar-refractivity contribution < 1.29 is 13.2 Å². The molecule has 2 nitrogen and oxygen atoms in total. The third-order valence-corrected chi connectivity index (χ3v) is 6.53. The number of alkyl halides is 3.